The van der Waals surface area contributed by atoms with Crippen LogP contribution in [0.15, 0.2) is 6.20 Å². The quantitative estimate of drug-likeness (QED) is 0.804. The summed E-state index contributed by atoms with van der Waals surface area (Å²) >= 11 is 2.04. The molecule has 86 valence electrons. The molecule has 2 aliphatic heterocycles. The SMILES string of the molecule is c1nc(C2CCCSC2)nc2c1CNCC2. The van der Waals surface area contributed by atoms with Gasteiger partial charge in [-0.25, -0.2) is 9.97 Å². The first kappa shape index (κ1) is 10.5. The Balaban J connectivity index is 1.84. The maximum Gasteiger partial charge on any atom is 0.132 e. The number of nitrogens with one attached hydrogen (secondary N) is 1. The molecule has 3 rings (SSSR count). The Morgan fingerprint density at radius 3 is 3.31 bits per heavy atom. The number of nitrogens with zero attached hydrogens (tertiary/aromatic N) is 2. The summed E-state index contributed by atoms with van der Waals surface area (Å²) in [5.74, 6) is 4.20. The third kappa shape index (κ3) is 2.09. The molecule has 2 aliphatic rings. The highest BCUT2D eigenvalue weighted by Gasteiger charge is 2.20. The molecule has 0 radical (unpaired) electrons. The van der Waals surface area contributed by atoms with Crippen molar-refractivity contribution in [1.29, 1.82) is 0 Å². The average molecular weight is 235 g/mol. The second kappa shape index (κ2) is 4.72. The molecule has 0 aliphatic carbocycles. The van der Waals surface area contributed by atoms with E-state index in [0.29, 0.717) is 5.92 Å². The predicted octanol–water partition coefficient (Wildman–Crippen LogP) is 1.73. The second-order valence-electron chi connectivity index (χ2n) is 4.54. The van der Waals surface area contributed by atoms with Crippen LogP contribution < -0.4 is 5.32 Å². The van der Waals surface area contributed by atoms with E-state index in [1.54, 1.807) is 0 Å². The maximum atomic E-state index is 4.77. The third-order valence-corrected chi connectivity index (χ3v) is 4.57. The fraction of sp³-hybridized carbons (Fsp3) is 0.667. The van der Waals surface area contributed by atoms with Crippen LogP contribution in [0.5, 0.6) is 0 Å². The number of rotatable bonds is 1. The van der Waals surface area contributed by atoms with Crippen molar-refractivity contribution in [2.75, 3.05) is 18.1 Å². The largest absolute Gasteiger partial charge is 0.312 e. The molecule has 3 heterocycles. The van der Waals surface area contributed by atoms with Crippen molar-refractivity contribution >= 4 is 11.8 Å². The number of thioether (sulfide) groups is 1. The Bertz CT molecular complexity index is 375. The van der Waals surface area contributed by atoms with E-state index in [4.69, 9.17) is 4.98 Å². The molecular formula is C12H17N3S. The molecule has 1 fully saturated rings. The van der Waals surface area contributed by atoms with Gasteiger partial charge in [0.2, 0.25) is 0 Å². The molecule has 1 unspecified atom stereocenters. The van der Waals surface area contributed by atoms with E-state index in [0.717, 1.165) is 25.3 Å². The smallest absolute Gasteiger partial charge is 0.132 e. The normalized spacial score (nSPS) is 25.1. The van der Waals surface area contributed by atoms with Crippen molar-refractivity contribution < 1.29 is 0 Å². The standard InChI is InChI=1S/C12H17N3S/c1-2-9(8-16-5-1)12-14-7-10-6-13-4-3-11(10)15-12/h7,9,13H,1-6,8H2. The Kier molecular flexibility index (Phi) is 3.11. The van der Waals surface area contributed by atoms with Crippen LogP contribution in [0.3, 0.4) is 0 Å². The van der Waals surface area contributed by atoms with Crippen LogP contribution in [-0.4, -0.2) is 28.0 Å². The molecule has 1 atom stereocenters. The van der Waals surface area contributed by atoms with Crippen molar-refractivity contribution in [1.82, 2.24) is 15.3 Å². The van der Waals surface area contributed by atoms with Crippen LogP contribution in [0.25, 0.3) is 0 Å². The minimum Gasteiger partial charge on any atom is -0.312 e. The first-order valence-corrected chi connectivity index (χ1v) is 7.22. The van der Waals surface area contributed by atoms with E-state index in [1.807, 2.05) is 18.0 Å². The van der Waals surface area contributed by atoms with Gasteiger partial charge in [0.05, 0.1) is 0 Å². The maximum absolute atomic E-state index is 4.77. The Morgan fingerprint density at radius 2 is 2.44 bits per heavy atom. The summed E-state index contributed by atoms with van der Waals surface area (Å²) in [6.45, 7) is 2.00. The molecule has 4 heteroatoms. The number of fused-ring (bicyclic) bond motifs is 1. The summed E-state index contributed by atoms with van der Waals surface area (Å²) in [5.41, 5.74) is 2.57. The van der Waals surface area contributed by atoms with Crippen LogP contribution in [-0.2, 0) is 13.0 Å². The molecule has 0 saturated carbocycles. The van der Waals surface area contributed by atoms with Gasteiger partial charge in [-0.15, -0.1) is 0 Å². The van der Waals surface area contributed by atoms with Crippen LogP contribution >= 0.6 is 11.8 Å². The van der Waals surface area contributed by atoms with Crippen molar-refractivity contribution in [3.05, 3.63) is 23.3 Å². The van der Waals surface area contributed by atoms with Gasteiger partial charge in [-0.05, 0) is 18.6 Å². The summed E-state index contributed by atoms with van der Waals surface area (Å²) in [4.78, 5) is 9.32. The molecule has 0 aromatic carbocycles. The lowest BCUT2D eigenvalue weighted by atomic mass is 10.0. The van der Waals surface area contributed by atoms with Gasteiger partial charge in [-0.3, -0.25) is 0 Å². The summed E-state index contributed by atoms with van der Waals surface area (Å²) < 4.78 is 0. The lowest BCUT2D eigenvalue weighted by Crippen LogP contribution is -2.26. The second-order valence-corrected chi connectivity index (χ2v) is 5.69. The van der Waals surface area contributed by atoms with Gasteiger partial charge in [0.1, 0.15) is 5.82 Å². The van der Waals surface area contributed by atoms with E-state index in [-0.39, 0.29) is 0 Å². The molecule has 3 nitrogen and oxygen atoms in total. The van der Waals surface area contributed by atoms with E-state index < -0.39 is 0 Å². The minimum absolute atomic E-state index is 0.596. The summed E-state index contributed by atoms with van der Waals surface area (Å²) in [7, 11) is 0. The minimum atomic E-state index is 0.596. The highest BCUT2D eigenvalue weighted by Crippen LogP contribution is 2.29. The summed E-state index contributed by atoms with van der Waals surface area (Å²) in [5, 5.41) is 3.36. The van der Waals surface area contributed by atoms with Gasteiger partial charge in [-0.1, -0.05) is 0 Å². The third-order valence-electron chi connectivity index (χ3n) is 3.35. The predicted molar refractivity (Wildman–Crippen MR) is 66.7 cm³/mol. The summed E-state index contributed by atoms with van der Waals surface area (Å²) in [6.07, 6.45) is 5.68. The lowest BCUT2D eigenvalue weighted by molar-refractivity contribution is 0.587. The van der Waals surface area contributed by atoms with Crippen molar-refractivity contribution in [2.24, 2.45) is 0 Å². The monoisotopic (exact) mass is 235 g/mol. The fourth-order valence-electron chi connectivity index (χ4n) is 2.39. The van der Waals surface area contributed by atoms with Gasteiger partial charge >= 0.3 is 0 Å². The van der Waals surface area contributed by atoms with E-state index >= 15 is 0 Å². The van der Waals surface area contributed by atoms with Crippen LogP contribution in [0.1, 0.15) is 35.8 Å². The van der Waals surface area contributed by atoms with Crippen molar-refractivity contribution in [3.63, 3.8) is 0 Å². The molecule has 1 saturated heterocycles. The molecule has 0 spiro atoms. The van der Waals surface area contributed by atoms with E-state index in [2.05, 4.69) is 10.3 Å². The van der Waals surface area contributed by atoms with E-state index in [1.165, 1.54) is 35.6 Å². The van der Waals surface area contributed by atoms with E-state index in [9.17, 15) is 0 Å². The van der Waals surface area contributed by atoms with Crippen molar-refractivity contribution in [2.45, 2.75) is 31.7 Å². The van der Waals surface area contributed by atoms with Gasteiger partial charge < -0.3 is 5.32 Å². The zero-order valence-corrected chi connectivity index (χ0v) is 10.2. The van der Waals surface area contributed by atoms with Gasteiger partial charge in [0.15, 0.2) is 0 Å². The number of hydrogen-bond acceptors (Lipinski definition) is 4. The fourth-order valence-corrected chi connectivity index (χ4v) is 3.53. The Labute approximate surface area is 100 Å². The topological polar surface area (TPSA) is 37.8 Å². The molecule has 1 N–H and O–H groups in total. The highest BCUT2D eigenvalue weighted by molar-refractivity contribution is 7.99. The molecule has 0 bridgehead atoms. The molecule has 1 aromatic rings. The Morgan fingerprint density at radius 1 is 1.44 bits per heavy atom. The molecule has 1 aromatic heterocycles. The lowest BCUT2D eigenvalue weighted by Gasteiger charge is -2.22. The average Bonchev–Trinajstić information content (AvgIpc) is 2.39. The zero-order chi connectivity index (χ0) is 10.8. The highest BCUT2D eigenvalue weighted by atomic mass is 32.2. The zero-order valence-electron chi connectivity index (χ0n) is 9.41. The first-order chi connectivity index (χ1) is 7.93. The molecule has 0 amide bonds. The molecular weight excluding hydrogens is 218 g/mol. The van der Waals surface area contributed by atoms with Gasteiger partial charge in [0.25, 0.3) is 0 Å². The summed E-state index contributed by atoms with van der Waals surface area (Å²) in [6, 6.07) is 0. The van der Waals surface area contributed by atoms with Crippen molar-refractivity contribution in [3.8, 4) is 0 Å². The van der Waals surface area contributed by atoms with Crippen LogP contribution in [0.4, 0.5) is 0 Å². The molecule has 16 heavy (non-hydrogen) atoms. The Hall–Kier alpha value is -0.610. The first-order valence-electron chi connectivity index (χ1n) is 6.06. The van der Waals surface area contributed by atoms with Gasteiger partial charge in [0, 0.05) is 48.6 Å². The van der Waals surface area contributed by atoms with Gasteiger partial charge in [-0.2, -0.15) is 11.8 Å². The number of aromatic nitrogens is 2. The van der Waals surface area contributed by atoms with Crippen LogP contribution in [0.2, 0.25) is 0 Å². The number of hydrogen-bond donors (Lipinski definition) is 1. The van der Waals surface area contributed by atoms with Crippen LogP contribution in [0, 0.1) is 0 Å².